The lowest BCUT2D eigenvalue weighted by atomic mass is 10.1. The van der Waals surface area contributed by atoms with Crippen LogP contribution in [0.15, 0.2) is 17.0 Å². The predicted molar refractivity (Wildman–Crippen MR) is 83.3 cm³/mol. The van der Waals surface area contributed by atoms with Crippen molar-refractivity contribution in [3.63, 3.8) is 0 Å². The number of nitro benzene ring substituents is 1. The second-order valence-corrected chi connectivity index (χ2v) is 6.54. The second-order valence-electron chi connectivity index (χ2n) is 4.81. The Morgan fingerprint density at radius 3 is 2.43 bits per heavy atom. The summed E-state index contributed by atoms with van der Waals surface area (Å²) < 4.78 is 26.8. The number of benzene rings is 1. The van der Waals surface area contributed by atoms with Crippen LogP contribution >= 0.6 is 12.4 Å². The normalized spacial score (nSPS) is 12.6. The molecule has 0 heterocycles. The van der Waals surface area contributed by atoms with Gasteiger partial charge in [-0.3, -0.25) is 10.1 Å². The van der Waals surface area contributed by atoms with Crippen LogP contribution in [0, 0.1) is 24.0 Å². The number of rotatable bonds is 6. The molecule has 0 radical (unpaired) electrons. The largest absolute Gasteiger partial charge is 0.328 e. The maximum Gasteiger partial charge on any atom is 0.271 e. The molecule has 7 nitrogen and oxygen atoms in total. The molecule has 0 bridgehead atoms. The first-order valence-electron chi connectivity index (χ1n) is 6.16. The Balaban J connectivity index is 0.00000400. The lowest BCUT2D eigenvalue weighted by Gasteiger charge is -2.12. The molecule has 0 aromatic heterocycles. The highest BCUT2D eigenvalue weighted by Gasteiger charge is 2.21. The van der Waals surface area contributed by atoms with E-state index < -0.39 is 14.9 Å². The molecule has 0 aliphatic rings. The molecule has 1 aromatic rings. The van der Waals surface area contributed by atoms with Crippen LogP contribution in [0.4, 0.5) is 5.69 Å². The third kappa shape index (κ3) is 5.24. The first kappa shape index (κ1) is 19.8. The Morgan fingerprint density at radius 1 is 1.38 bits per heavy atom. The van der Waals surface area contributed by atoms with Crippen molar-refractivity contribution >= 4 is 28.1 Å². The molecular formula is C12H20ClN3O4S. The number of hydrogen-bond acceptors (Lipinski definition) is 5. The van der Waals surface area contributed by atoms with Gasteiger partial charge in [-0.1, -0.05) is 0 Å². The number of hydrogen-bond donors (Lipinski definition) is 2. The predicted octanol–water partition coefficient (Wildman–Crippen LogP) is 1.65. The van der Waals surface area contributed by atoms with Gasteiger partial charge in [0.25, 0.3) is 5.69 Å². The van der Waals surface area contributed by atoms with Gasteiger partial charge in [-0.2, -0.15) is 0 Å². The van der Waals surface area contributed by atoms with E-state index in [1.54, 1.807) is 20.8 Å². The molecule has 0 aliphatic heterocycles. The summed E-state index contributed by atoms with van der Waals surface area (Å²) in [5, 5.41) is 10.8. The highest BCUT2D eigenvalue weighted by Crippen LogP contribution is 2.25. The van der Waals surface area contributed by atoms with Crippen molar-refractivity contribution in [2.24, 2.45) is 5.73 Å². The minimum Gasteiger partial charge on any atom is -0.328 e. The summed E-state index contributed by atoms with van der Waals surface area (Å²) in [5.74, 6) is 0. The molecule has 9 heteroatoms. The van der Waals surface area contributed by atoms with Crippen LogP contribution in [0.5, 0.6) is 0 Å². The second kappa shape index (κ2) is 7.69. The van der Waals surface area contributed by atoms with E-state index in [4.69, 9.17) is 5.73 Å². The lowest BCUT2D eigenvalue weighted by molar-refractivity contribution is -0.385. The van der Waals surface area contributed by atoms with Gasteiger partial charge < -0.3 is 5.73 Å². The fourth-order valence-corrected chi connectivity index (χ4v) is 3.07. The van der Waals surface area contributed by atoms with Crippen LogP contribution in [-0.4, -0.2) is 25.9 Å². The summed E-state index contributed by atoms with van der Waals surface area (Å²) in [6, 6.07) is 2.32. The molecule has 1 aromatic carbocycles. The monoisotopic (exact) mass is 337 g/mol. The molecule has 3 N–H and O–H groups in total. The summed E-state index contributed by atoms with van der Waals surface area (Å²) >= 11 is 0. The molecular weight excluding hydrogens is 318 g/mol. The van der Waals surface area contributed by atoms with Gasteiger partial charge in [-0.25, -0.2) is 13.1 Å². The number of halogens is 1. The number of aryl methyl sites for hydroxylation is 1. The van der Waals surface area contributed by atoms with E-state index in [0.717, 1.165) is 6.07 Å². The van der Waals surface area contributed by atoms with Gasteiger partial charge in [0, 0.05) is 24.7 Å². The van der Waals surface area contributed by atoms with Crippen molar-refractivity contribution in [3.8, 4) is 0 Å². The quantitative estimate of drug-likeness (QED) is 0.605. The Hall–Kier alpha value is -1.22. The van der Waals surface area contributed by atoms with Crippen LogP contribution in [0.1, 0.15) is 24.5 Å². The molecule has 0 saturated carbocycles. The Bertz CT molecular complexity index is 617. The van der Waals surface area contributed by atoms with Crippen molar-refractivity contribution in [1.29, 1.82) is 0 Å². The molecule has 0 fully saturated rings. The van der Waals surface area contributed by atoms with Crippen LogP contribution < -0.4 is 10.5 Å². The summed E-state index contributed by atoms with van der Waals surface area (Å²) in [6.45, 7) is 5.24. The summed E-state index contributed by atoms with van der Waals surface area (Å²) in [7, 11) is -3.78. The van der Waals surface area contributed by atoms with E-state index in [9.17, 15) is 18.5 Å². The summed E-state index contributed by atoms with van der Waals surface area (Å²) in [5.41, 5.74) is 6.38. The molecule has 0 amide bonds. The van der Waals surface area contributed by atoms with Crippen LogP contribution in [0.2, 0.25) is 0 Å². The number of nitrogens with zero attached hydrogens (tertiary/aromatic N) is 1. The Labute approximate surface area is 130 Å². The minimum atomic E-state index is -3.78. The van der Waals surface area contributed by atoms with Gasteiger partial charge in [0.1, 0.15) is 0 Å². The highest BCUT2D eigenvalue weighted by molar-refractivity contribution is 7.89. The molecule has 0 aliphatic carbocycles. The van der Waals surface area contributed by atoms with Crippen molar-refractivity contribution in [1.82, 2.24) is 4.72 Å². The fourth-order valence-electron chi connectivity index (χ4n) is 1.69. The Kier molecular flexibility index (Phi) is 7.25. The third-order valence-corrected chi connectivity index (χ3v) is 4.58. The average molecular weight is 338 g/mol. The van der Waals surface area contributed by atoms with Crippen molar-refractivity contribution in [3.05, 3.63) is 33.4 Å². The molecule has 1 unspecified atom stereocenters. The number of sulfonamides is 1. The molecule has 1 rings (SSSR count). The van der Waals surface area contributed by atoms with Gasteiger partial charge >= 0.3 is 0 Å². The molecule has 120 valence electrons. The van der Waals surface area contributed by atoms with Gasteiger partial charge in [0.15, 0.2) is 0 Å². The summed E-state index contributed by atoms with van der Waals surface area (Å²) in [6.07, 6.45) is 0.492. The highest BCUT2D eigenvalue weighted by atomic mass is 35.5. The smallest absolute Gasteiger partial charge is 0.271 e. The van der Waals surface area contributed by atoms with Gasteiger partial charge in [0.05, 0.1) is 9.82 Å². The standard InChI is InChI=1S/C12H19N3O4S.ClH/c1-8-6-11(15(16)17)7-12(10(8)3)20(18,19)14-5-4-9(2)13;/h6-7,9,14H,4-5,13H2,1-3H3;1H. The molecule has 1 atom stereocenters. The van der Waals surface area contributed by atoms with E-state index in [1.165, 1.54) is 6.07 Å². The number of nitrogens with one attached hydrogen (secondary N) is 1. The molecule has 0 saturated heterocycles. The van der Waals surface area contributed by atoms with E-state index in [2.05, 4.69) is 4.72 Å². The molecule has 21 heavy (non-hydrogen) atoms. The van der Waals surface area contributed by atoms with Crippen LogP contribution in [0.3, 0.4) is 0 Å². The zero-order valence-electron chi connectivity index (χ0n) is 12.1. The first-order valence-corrected chi connectivity index (χ1v) is 7.64. The number of nitrogens with two attached hydrogens (primary N) is 1. The average Bonchev–Trinajstić information content (AvgIpc) is 2.31. The van der Waals surface area contributed by atoms with Gasteiger partial charge in [0.2, 0.25) is 10.0 Å². The molecule has 0 spiro atoms. The van der Waals surface area contributed by atoms with E-state index in [1.807, 2.05) is 0 Å². The van der Waals surface area contributed by atoms with Gasteiger partial charge in [-0.15, -0.1) is 12.4 Å². The Morgan fingerprint density at radius 2 is 1.95 bits per heavy atom. The SMILES string of the molecule is Cc1cc([N+](=O)[O-])cc(S(=O)(=O)NCCC(C)N)c1C.Cl. The van der Waals surface area contributed by atoms with Crippen molar-refractivity contribution in [2.45, 2.75) is 38.1 Å². The zero-order chi connectivity index (χ0) is 15.5. The topological polar surface area (TPSA) is 115 Å². The van der Waals surface area contributed by atoms with Gasteiger partial charge in [-0.05, 0) is 38.3 Å². The van der Waals surface area contributed by atoms with E-state index >= 15 is 0 Å². The maximum absolute atomic E-state index is 12.2. The first-order chi connectivity index (χ1) is 9.15. The number of non-ortho nitro benzene ring substituents is 1. The minimum absolute atomic E-state index is 0. The zero-order valence-corrected chi connectivity index (χ0v) is 13.8. The fraction of sp³-hybridized carbons (Fsp3) is 0.500. The van der Waals surface area contributed by atoms with Crippen LogP contribution in [0.25, 0.3) is 0 Å². The van der Waals surface area contributed by atoms with E-state index in [-0.39, 0.29) is 35.6 Å². The lowest BCUT2D eigenvalue weighted by Crippen LogP contribution is -2.29. The van der Waals surface area contributed by atoms with Crippen molar-refractivity contribution in [2.75, 3.05) is 6.54 Å². The maximum atomic E-state index is 12.2. The van der Waals surface area contributed by atoms with Crippen LogP contribution in [-0.2, 0) is 10.0 Å². The summed E-state index contributed by atoms with van der Waals surface area (Å²) in [4.78, 5) is 10.2. The number of nitro groups is 1. The van der Waals surface area contributed by atoms with Crippen molar-refractivity contribution < 1.29 is 13.3 Å². The third-order valence-electron chi connectivity index (χ3n) is 3.00. The van der Waals surface area contributed by atoms with E-state index in [0.29, 0.717) is 17.5 Å².